The lowest BCUT2D eigenvalue weighted by Gasteiger charge is -2.10. The predicted octanol–water partition coefficient (Wildman–Crippen LogP) is 1.62. The highest BCUT2D eigenvalue weighted by atomic mass is 32.2. The smallest absolute Gasteiger partial charge is 0.125 e. The second-order valence-corrected chi connectivity index (χ2v) is 5.02. The first-order valence-electron chi connectivity index (χ1n) is 4.88. The van der Waals surface area contributed by atoms with Crippen molar-refractivity contribution in [3.05, 3.63) is 36.7 Å². The topological polar surface area (TPSA) is 85.9 Å². The van der Waals surface area contributed by atoms with Crippen molar-refractivity contribution in [3.63, 3.8) is 0 Å². The van der Waals surface area contributed by atoms with Crippen LogP contribution in [0.3, 0.4) is 0 Å². The summed E-state index contributed by atoms with van der Waals surface area (Å²) in [6.07, 6.45) is 1.53. The zero-order valence-electron chi connectivity index (χ0n) is 8.54. The molecule has 0 bridgehead atoms. The number of aromatic nitrogens is 2. The number of benzene rings is 2. The predicted molar refractivity (Wildman–Crippen MR) is 61.6 cm³/mol. The minimum atomic E-state index is -4.47. The molecule has 86 valence electrons. The second-order valence-electron chi connectivity index (χ2n) is 3.67. The first-order chi connectivity index (χ1) is 8.07. The summed E-state index contributed by atoms with van der Waals surface area (Å²) in [5, 5.41) is 1.06. The van der Waals surface area contributed by atoms with E-state index in [1.807, 2.05) is 0 Å². The highest BCUT2D eigenvalue weighted by Gasteiger charge is 2.09. The van der Waals surface area contributed by atoms with Crippen molar-refractivity contribution in [2.75, 3.05) is 0 Å². The molecule has 6 heteroatoms. The number of nitrogens with zero attached hydrogens (tertiary/aromatic N) is 1. The Morgan fingerprint density at radius 2 is 1.94 bits per heavy atom. The molecule has 0 aliphatic rings. The quantitative estimate of drug-likeness (QED) is 0.662. The van der Waals surface area contributed by atoms with Crippen LogP contribution in [0, 0.1) is 0 Å². The fourth-order valence-corrected chi connectivity index (χ4v) is 2.65. The maximum Gasteiger partial charge on any atom is 0.125 e. The van der Waals surface area contributed by atoms with Gasteiger partial charge in [-0.15, -0.1) is 0 Å². The average molecular weight is 247 g/mol. The van der Waals surface area contributed by atoms with Crippen LogP contribution < -0.4 is 0 Å². The molecule has 17 heavy (non-hydrogen) atoms. The Bertz CT molecular complexity index is 821. The van der Waals surface area contributed by atoms with E-state index in [2.05, 4.69) is 9.97 Å². The van der Waals surface area contributed by atoms with Crippen molar-refractivity contribution < 1.29 is 13.0 Å². The molecule has 0 saturated carbocycles. The molecule has 0 radical (unpaired) electrons. The zero-order chi connectivity index (χ0) is 12.0. The molecule has 3 aromatic rings. The third-order valence-electron chi connectivity index (χ3n) is 2.68. The summed E-state index contributed by atoms with van der Waals surface area (Å²) >= 11 is 0. The van der Waals surface area contributed by atoms with Crippen LogP contribution in [0.2, 0.25) is 0 Å². The van der Waals surface area contributed by atoms with E-state index >= 15 is 0 Å². The molecule has 0 fully saturated rings. The minimum absolute atomic E-state index is 0.208. The van der Waals surface area contributed by atoms with E-state index in [1.54, 1.807) is 24.3 Å². The summed E-state index contributed by atoms with van der Waals surface area (Å²) in [5.41, 5.74) is 1.46. The largest absolute Gasteiger partial charge is 0.744 e. The van der Waals surface area contributed by atoms with Crippen LogP contribution >= 0.6 is 0 Å². The molecule has 0 amide bonds. The van der Waals surface area contributed by atoms with Gasteiger partial charge in [0, 0.05) is 10.8 Å². The van der Waals surface area contributed by atoms with Gasteiger partial charge in [0.15, 0.2) is 0 Å². The summed E-state index contributed by atoms with van der Waals surface area (Å²) < 4.78 is 33.4. The first-order valence-corrected chi connectivity index (χ1v) is 6.29. The third kappa shape index (κ3) is 1.49. The average Bonchev–Trinajstić information content (AvgIpc) is 2.75. The number of aromatic amines is 1. The van der Waals surface area contributed by atoms with Gasteiger partial charge in [-0.05, 0) is 12.1 Å². The van der Waals surface area contributed by atoms with E-state index < -0.39 is 10.1 Å². The van der Waals surface area contributed by atoms with Gasteiger partial charge < -0.3 is 9.54 Å². The van der Waals surface area contributed by atoms with E-state index in [9.17, 15) is 13.0 Å². The molecule has 0 aliphatic carbocycles. The van der Waals surface area contributed by atoms with Crippen molar-refractivity contribution in [2.24, 2.45) is 0 Å². The lowest BCUT2D eigenvalue weighted by atomic mass is 10.1. The van der Waals surface area contributed by atoms with Crippen LogP contribution in [0.15, 0.2) is 41.6 Å². The van der Waals surface area contributed by atoms with E-state index in [0.29, 0.717) is 16.3 Å². The summed E-state index contributed by atoms with van der Waals surface area (Å²) in [6.45, 7) is 0. The Morgan fingerprint density at radius 3 is 2.71 bits per heavy atom. The zero-order valence-corrected chi connectivity index (χ0v) is 9.36. The number of imidazole rings is 1. The maximum atomic E-state index is 11.1. The van der Waals surface area contributed by atoms with Gasteiger partial charge in [0.05, 0.1) is 22.3 Å². The van der Waals surface area contributed by atoms with Gasteiger partial charge >= 0.3 is 0 Å². The lowest BCUT2D eigenvalue weighted by molar-refractivity contribution is 0.464. The third-order valence-corrected chi connectivity index (χ3v) is 3.57. The number of fused-ring (bicyclic) bond motifs is 3. The first kappa shape index (κ1) is 10.2. The number of H-pyrrole nitrogens is 1. The van der Waals surface area contributed by atoms with Crippen molar-refractivity contribution in [1.29, 1.82) is 0 Å². The van der Waals surface area contributed by atoms with Crippen molar-refractivity contribution in [3.8, 4) is 0 Å². The highest BCUT2D eigenvalue weighted by molar-refractivity contribution is 7.86. The number of rotatable bonds is 1. The number of hydrogen-bond donors (Lipinski definition) is 1. The fourth-order valence-electron chi connectivity index (χ4n) is 1.95. The Labute approximate surface area is 96.9 Å². The van der Waals surface area contributed by atoms with E-state index in [0.717, 1.165) is 5.52 Å². The molecule has 3 rings (SSSR count). The Kier molecular flexibility index (Phi) is 1.98. The van der Waals surface area contributed by atoms with Crippen LogP contribution in [-0.4, -0.2) is 22.9 Å². The van der Waals surface area contributed by atoms with Crippen LogP contribution in [-0.2, 0) is 10.1 Å². The number of nitrogens with one attached hydrogen (secondary N) is 1. The molecule has 2 aromatic carbocycles. The second kappa shape index (κ2) is 3.28. The van der Waals surface area contributed by atoms with Crippen LogP contribution in [0.25, 0.3) is 21.8 Å². The van der Waals surface area contributed by atoms with Crippen molar-refractivity contribution in [1.82, 2.24) is 9.97 Å². The molecule has 0 unspecified atom stereocenters. The highest BCUT2D eigenvalue weighted by Crippen LogP contribution is 2.27. The summed E-state index contributed by atoms with van der Waals surface area (Å²) in [6, 6.07) is 7.91. The SMILES string of the molecule is O=S(=O)([O-])c1cccc2c1ccc1[nH]cnc12. The molecule has 1 aromatic heterocycles. The van der Waals surface area contributed by atoms with E-state index in [1.165, 1.54) is 12.4 Å². The normalized spacial score (nSPS) is 12.3. The van der Waals surface area contributed by atoms with Gasteiger partial charge in [0.25, 0.3) is 0 Å². The van der Waals surface area contributed by atoms with Gasteiger partial charge in [-0.2, -0.15) is 0 Å². The van der Waals surface area contributed by atoms with Crippen LogP contribution in [0.5, 0.6) is 0 Å². The maximum absolute atomic E-state index is 11.1. The van der Waals surface area contributed by atoms with Crippen LogP contribution in [0.1, 0.15) is 0 Å². The van der Waals surface area contributed by atoms with Gasteiger partial charge in [0.1, 0.15) is 10.1 Å². The molecule has 0 aliphatic heterocycles. The fraction of sp³-hybridized carbons (Fsp3) is 0. The van der Waals surface area contributed by atoms with E-state index in [4.69, 9.17) is 0 Å². The molecule has 0 spiro atoms. The van der Waals surface area contributed by atoms with Crippen LogP contribution in [0.4, 0.5) is 0 Å². The summed E-state index contributed by atoms with van der Waals surface area (Å²) in [4.78, 5) is 6.84. The summed E-state index contributed by atoms with van der Waals surface area (Å²) in [7, 11) is -4.47. The minimum Gasteiger partial charge on any atom is -0.744 e. The molecular formula is C11H7N2O3S-. The van der Waals surface area contributed by atoms with Crippen molar-refractivity contribution in [2.45, 2.75) is 4.90 Å². The monoisotopic (exact) mass is 247 g/mol. The van der Waals surface area contributed by atoms with Gasteiger partial charge in [-0.25, -0.2) is 13.4 Å². The molecule has 1 N–H and O–H groups in total. The van der Waals surface area contributed by atoms with E-state index in [-0.39, 0.29) is 4.90 Å². The Hall–Kier alpha value is -1.92. The molecule has 0 atom stereocenters. The molecule has 5 nitrogen and oxygen atoms in total. The van der Waals surface area contributed by atoms with Gasteiger partial charge in [0.2, 0.25) is 0 Å². The molecule has 0 saturated heterocycles. The number of hydrogen-bond acceptors (Lipinski definition) is 4. The van der Waals surface area contributed by atoms with Gasteiger partial charge in [-0.1, -0.05) is 18.2 Å². The van der Waals surface area contributed by atoms with Gasteiger partial charge in [-0.3, -0.25) is 0 Å². The molecule has 1 heterocycles. The standard InChI is InChI=1S/C11H8N2O3S/c14-17(15,16)10-3-1-2-8-7(10)4-5-9-11(8)13-6-12-9/h1-6H,(H,12,13)(H,14,15,16)/p-1. The Balaban J connectivity index is 2.57. The Morgan fingerprint density at radius 1 is 1.12 bits per heavy atom. The molecular weight excluding hydrogens is 240 g/mol. The summed E-state index contributed by atoms with van der Waals surface area (Å²) in [5.74, 6) is 0. The lowest BCUT2D eigenvalue weighted by Crippen LogP contribution is -1.99. The van der Waals surface area contributed by atoms with Crippen molar-refractivity contribution >= 4 is 31.9 Å².